The summed E-state index contributed by atoms with van der Waals surface area (Å²) in [5.41, 5.74) is 0. The predicted octanol–water partition coefficient (Wildman–Crippen LogP) is 1.13. The van der Waals surface area contributed by atoms with Crippen LogP contribution in [0, 0.1) is 5.92 Å². The number of amides is 2. The summed E-state index contributed by atoms with van der Waals surface area (Å²) in [6, 6.07) is -0.265. The second-order valence-electron chi connectivity index (χ2n) is 4.67. The number of carbonyl (C=O) groups excluding carboxylic acids is 2. The molecule has 1 aliphatic heterocycles. The van der Waals surface area contributed by atoms with Gasteiger partial charge in [-0.1, -0.05) is 0 Å². The van der Waals surface area contributed by atoms with Gasteiger partial charge in [0.2, 0.25) is 0 Å². The van der Waals surface area contributed by atoms with Crippen LogP contribution < -0.4 is 5.32 Å². The fourth-order valence-electron chi connectivity index (χ4n) is 3.05. The number of rotatable bonds is 3. The predicted molar refractivity (Wildman–Crippen MR) is 62.5 cm³/mol. The van der Waals surface area contributed by atoms with Crippen molar-refractivity contribution in [3.05, 3.63) is 0 Å². The molecule has 5 heteroatoms. The first kappa shape index (κ1) is 12.2. The van der Waals surface area contributed by atoms with Gasteiger partial charge in [0.15, 0.2) is 0 Å². The first-order valence-corrected chi connectivity index (χ1v) is 6.41. The van der Waals surface area contributed by atoms with Crippen molar-refractivity contribution in [3.8, 4) is 0 Å². The highest BCUT2D eigenvalue weighted by molar-refractivity contribution is 5.85. The number of hydrogen-bond acceptors (Lipinski definition) is 3. The van der Waals surface area contributed by atoms with Crippen LogP contribution in [0.5, 0.6) is 0 Å². The molecule has 1 N–H and O–H groups in total. The molecule has 0 radical (unpaired) electrons. The number of fused-ring (bicyclic) bond motifs is 2. The summed E-state index contributed by atoms with van der Waals surface area (Å²) in [5, 5.41) is 2.78. The Morgan fingerprint density at radius 2 is 2.12 bits per heavy atom. The highest BCUT2D eigenvalue weighted by atomic mass is 16.5. The number of piperidine rings is 1. The summed E-state index contributed by atoms with van der Waals surface area (Å²) in [6.07, 6.45) is 2.99. The molecule has 0 aromatic carbocycles. The summed E-state index contributed by atoms with van der Waals surface area (Å²) in [7, 11) is 0. The molecule has 3 atom stereocenters. The van der Waals surface area contributed by atoms with E-state index in [0.29, 0.717) is 19.1 Å². The minimum Gasteiger partial charge on any atom is -0.464 e. The van der Waals surface area contributed by atoms with E-state index in [4.69, 9.17) is 4.74 Å². The average molecular weight is 240 g/mol. The van der Waals surface area contributed by atoms with Gasteiger partial charge in [0, 0.05) is 12.6 Å². The Hall–Kier alpha value is -1.26. The molecule has 2 bridgehead atoms. The minimum atomic E-state index is -0.361. The van der Waals surface area contributed by atoms with E-state index in [1.807, 2.05) is 6.92 Å². The average Bonchev–Trinajstić information content (AvgIpc) is 2.89. The Morgan fingerprint density at radius 3 is 2.76 bits per heavy atom. The van der Waals surface area contributed by atoms with Crippen LogP contribution in [0.3, 0.4) is 0 Å². The number of hydrogen-bond donors (Lipinski definition) is 1. The molecule has 0 aromatic heterocycles. The van der Waals surface area contributed by atoms with E-state index < -0.39 is 0 Å². The van der Waals surface area contributed by atoms with Gasteiger partial charge in [-0.25, -0.2) is 9.59 Å². The summed E-state index contributed by atoms with van der Waals surface area (Å²) in [4.78, 5) is 25.6. The summed E-state index contributed by atoms with van der Waals surface area (Å²) < 4.78 is 5.08. The Morgan fingerprint density at radius 1 is 1.35 bits per heavy atom. The van der Waals surface area contributed by atoms with Crippen LogP contribution in [-0.2, 0) is 9.53 Å². The lowest BCUT2D eigenvalue weighted by Gasteiger charge is -2.33. The Labute approximate surface area is 101 Å². The van der Waals surface area contributed by atoms with Gasteiger partial charge in [-0.3, -0.25) is 0 Å². The molecule has 1 saturated carbocycles. The zero-order chi connectivity index (χ0) is 12.4. The fraction of sp³-hybridized carbons (Fsp3) is 0.833. The molecule has 5 nitrogen and oxygen atoms in total. The third-order valence-electron chi connectivity index (χ3n) is 3.68. The molecule has 96 valence electrons. The van der Waals surface area contributed by atoms with Crippen molar-refractivity contribution < 1.29 is 14.3 Å². The maximum absolute atomic E-state index is 12.0. The van der Waals surface area contributed by atoms with Crippen molar-refractivity contribution in [2.75, 3.05) is 13.2 Å². The van der Waals surface area contributed by atoms with E-state index in [1.165, 1.54) is 0 Å². The van der Waals surface area contributed by atoms with Crippen molar-refractivity contribution in [2.24, 2.45) is 5.92 Å². The molecule has 2 fully saturated rings. The van der Waals surface area contributed by atoms with Crippen LogP contribution in [-0.4, -0.2) is 42.1 Å². The van der Waals surface area contributed by atoms with E-state index in [0.717, 1.165) is 19.3 Å². The van der Waals surface area contributed by atoms with E-state index >= 15 is 0 Å². The third-order valence-corrected chi connectivity index (χ3v) is 3.68. The molecular weight excluding hydrogens is 220 g/mol. The van der Waals surface area contributed by atoms with Crippen LogP contribution in [0.2, 0.25) is 0 Å². The first-order valence-electron chi connectivity index (χ1n) is 6.41. The topological polar surface area (TPSA) is 58.6 Å². The second kappa shape index (κ2) is 4.94. The van der Waals surface area contributed by atoms with Gasteiger partial charge in [0.1, 0.15) is 6.04 Å². The van der Waals surface area contributed by atoms with E-state index in [9.17, 15) is 9.59 Å². The number of nitrogens with one attached hydrogen (secondary N) is 1. The van der Waals surface area contributed by atoms with Crippen molar-refractivity contribution in [3.63, 3.8) is 0 Å². The van der Waals surface area contributed by atoms with E-state index in [2.05, 4.69) is 5.32 Å². The second-order valence-corrected chi connectivity index (χ2v) is 4.67. The van der Waals surface area contributed by atoms with Crippen LogP contribution in [0.1, 0.15) is 33.1 Å². The summed E-state index contributed by atoms with van der Waals surface area (Å²) >= 11 is 0. The van der Waals surface area contributed by atoms with Crippen molar-refractivity contribution >= 4 is 12.0 Å². The lowest BCUT2D eigenvalue weighted by atomic mass is 9.99. The molecule has 0 spiro atoms. The quantitative estimate of drug-likeness (QED) is 0.752. The maximum Gasteiger partial charge on any atom is 0.329 e. The van der Waals surface area contributed by atoms with Crippen LogP contribution in [0.15, 0.2) is 0 Å². The molecule has 2 rings (SSSR count). The van der Waals surface area contributed by atoms with Crippen LogP contribution in [0.4, 0.5) is 4.79 Å². The summed E-state index contributed by atoms with van der Waals surface area (Å²) in [5.74, 6) is 0.0487. The van der Waals surface area contributed by atoms with Gasteiger partial charge in [-0.05, 0) is 39.0 Å². The third kappa shape index (κ3) is 2.10. The highest BCUT2D eigenvalue weighted by Gasteiger charge is 2.51. The molecule has 17 heavy (non-hydrogen) atoms. The normalized spacial score (nSPS) is 30.5. The largest absolute Gasteiger partial charge is 0.464 e. The lowest BCUT2D eigenvalue weighted by Crippen LogP contribution is -2.53. The number of ether oxygens (including phenoxy) is 1. The number of likely N-dealkylation sites (tertiary alicyclic amines) is 1. The zero-order valence-electron chi connectivity index (χ0n) is 10.4. The van der Waals surface area contributed by atoms with Gasteiger partial charge in [0.05, 0.1) is 6.61 Å². The number of urea groups is 1. The van der Waals surface area contributed by atoms with Crippen LogP contribution in [0.25, 0.3) is 0 Å². The SMILES string of the molecule is CCNC(=O)N1[C@H]2CC[C@@H](C2)[C@@H]1C(=O)OCC. The molecule has 1 heterocycles. The summed E-state index contributed by atoms with van der Waals surface area (Å²) in [6.45, 7) is 4.63. The molecule has 0 unspecified atom stereocenters. The highest BCUT2D eigenvalue weighted by Crippen LogP contribution is 2.42. The van der Waals surface area contributed by atoms with Gasteiger partial charge in [-0.15, -0.1) is 0 Å². The molecule has 0 aromatic rings. The van der Waals surface area contributed by atoms with Gasteiger partial charge >= 0.3 is 12.0 Å². The Bertz CT molecular complexity index is 289. The van der Waals surface area contributed by atoms with E-state index in [-0.39, 0.29) is 24.1 Å². The number of esters is 1. The minimum absolute atomic E-state index is 0.127. The van der Waals surface area contributed by atoms with Gasteiger partial charge in [-0.2, -0.15) is 0 Å². The van der Waals surface area contributed by atoms with Crippen molar-refractivity contribution in [2.45, 2.75) is 45.2 Å². The Kier molecular flexibility index (Phi) is 3.54. The van der Waals surface area contributed by atoms with Crippen molar-refractivity contribution in [1.29, 1.82) is 0 Å². The molecule has 1 saturated heterocycles. The number of nitrogens with zero attached hydrogens (tertiary/aromatic N) is 1. The Balaban J connectivity index is 2.11. The van der Waals surface area contributed by atoms with Gasteiger partial charge in [0.25, 0.3) is 0 Å². The molecule has 2 aliphatic rings. The standard InChI is InChI=1S/C12H20N2O3/c1-3-13-12(16)14-9-6-5-8(7-9)10(14)11(15)17-4-2/h8-10H,3-7H2,1-2H3,(H,13,16)/t8-,9-,10+/m0/s1. The van der Waals surface area contributed by atoms with Gasteiger partial charge < -0.3 is 15.0 Å². The first-order chi connectivity index (χ1) is 8.19. The maximum atomic E-state index is 12.0. The zero-order valence-corrected chi connectivity index (χ0v) is 10.4. The number of carbonyl (C=O) groups is 2. The lowest BCUT2D eigenvalue weighted by molar-refractivity contribution is -0.149. The van der Waals surface area contributed by atoms with Crippen LogP contribution >= 0.6 is 0 Å². The smallest absolute Gasteiger partial charge is 0.329 e. The monoisotopic (exact) mass is 240 g/mol. The molecule has 1 aliphatic carbocycles. The molecule has 2 amide bonds. The fourth-order valence-corrected chi connectivity index (χ4v) is 3.05. The van der Waals surface area contributed by atoms with E-state index in [1.54, 1.807) is 11.8 Å². The van der Waals surface area contributed by atoms with Crippen molar-refractivity contribution in [1.82, 2.24) is 10.2 Å². The molecular formula is C12H20N2O3.